The first-order chi connectivity index (χ1) is 6.61. The molecule has 0 unspecified atom stereocenters. The zero-order chi connectivity index (χ0) is 10.3. The predicted molar refractivity (Wildman–Crippen MR) is 53.3 cm³/mol. The van der Waals surface area contributed by atoms with Crippen LogP contribution in [0.15, 0.2) is 10.5 Å². The van der Waals surface area contributed by atoms with E-state index in [4.69, 9.17) is 11.6 Å². The molecule has 2 aromatic rings. The molecule has 1 N–H and O–H groups in total. The van der Waals surface area contributed by atoms with Gasteiger partial charge in [-0.15, -0.1) is 0 Å². The van der Waals surface area contributed by atoms with Crippen LogP contribution in [0.4, 0.5) is 5.69 Å². The fraction of sp³-hybridized carbons (Fsp3) is 0. The van der Waals surface area contributed by atoms with Gasteiger partial charge in [-0.3, -0.25) is 10.1 Å². The lowest BCUT2D eigenvalue weighted by Crippen LogP contribution is -1.90. The van der Waals surface area contributed by atoms with Crippen LogP contribution < -0.4 is 0 Å². The molecular formula is C6H2BrClN4O2. The van der Waals surface area contributed by atoms with Gasteiger partial charge in [0.25, 0.3) is 5.69 Å². The van der Waals surface area contributed by atoms with E-state index in [0.717, 1.165) is 0 Å². The van der Waals surface area contributed by atoms with Crippen molar-refractivity contribution in [3.05, 3.63) is 25.7 Å². The second kappa shape index (κ2) is 3.18. The summed E-state index contributed by atoms with van der Waals surface area (Å²) in [4.78, 5) is 10.1. The summed E-state index contributed by atoms with van der Waals surface area (Å²) in [5.41, 5.74) is 0.644. The summed E-state index contributed by atoms with van der Waals surface area (Å²) >= 11 is 8.87. The fourth-order valence-electron chi connectivity index (χ4n) is 1.04. The molecule has 0 atom stereocenters. The lowest BCUT2D eigenvalue weighted by atomic mass is 10.3. The van der Waals surface area contributed by atoms with E-state index in [1.807, 2.05) is 0 Å². The minimum Gasteiger partial charge on any atom is -0.258 e. The monoisotopic (exact) mass is 276 g/mol. The van der Waals surface area contributed by atoms with Gasteiger partial charge in [-0.05, 0) is 15.9 Å². The number of nitro groups is 1. The molecule has 1 aromatic carbocycles. The van der Waals surface area contributed by atoms with Crippen molar-refractivity contribution in [1.82, 2.24) is 15.4 Å². The third-order valence-corrected chi connectivity index (χ3v) is 3.07. The third kappa shape index (κ3) is 1.25. The predicted octanol–water partition coefficient (Wildman–Crippen LogP) is 2.28. The smallest absolute Gasteiger partial charge is 0.258 e. The van der Waals surface area contributed by atoms with E-state index in [1.54, 1.807) is 0 Å². The van der Waals surface area contributed by atoms with E-state index in [9.17, 15) is 10.1 Å². The van der Waals surface area contributed by atoms with E-state index < -0.39 is 4.92 Å². The lowest BCUT2D eigenvalue weighted by molar-refractivity contribution is -0.385. The number of halogens is 2. The minimum absolute atomic E-state index is 0.128. The van der Waals surface area contributed by atoms with Gasteiger partial charge >= 0.3 is 0 Å². The number of nitrogens with one attached hydrogen (secondary N) is 1. The second-order valence-corrected chi connectivity index (χ2v) is 3.64. The van der Waals surface area contributed by atoms with E-state index in [2.05, 4.69) is 31.3 Å². The fourth-order valence-corrected chi connectivity index (χ4v) is 1.73. The van der Waals surface area contributed by atoms with Crippen molar-refractivity contribution in [3.63, 3.8) is 0 Å². The first-order valence-corrected chi connectivity index (χ1v) is 4.61. The molecule has 0 saturated carbocycles. The molecule has 1 heterocycles. The van der Waals surface area contributed by atoms with Crippen molar-refractivity contribution in [3.8, 4) is 0 Å². The number of benzene rings is 1. The van der Waals surface area contributed by atoms with Crippen LogP contribution >= 0.6 is 27.5 Å². The van der Waals surface area contributed by atoms with Crippen molar-refractivity contribution < 1.29 is 4.92 Å². The van der Waals surface area contributed by atoms with E-state index in [1.165, 1.54) is 6.07 Å². The van der Waals surface area contributed by atoms with Crippen LogP contribution in [-0.2, 0) is 0 Å². The van der Waals surface area contributed by atoms with Crippen molar-refractivity contribution in [2.24, 2.45) is 0 Å². The first kappa shape index (κ1) is 9.35. The third-order valence-electron chi connectivity index (χ3n) is 1.67. The number of rotatable bonds is 1. The maximum atomic E-state index is 10.6. The summed E-state index contributed by atoms with van der Waals surface area (Å²) in [5, 5.41) is 20.6. The highest BCUT2D eigenvalue weighted by Gasteiger charge is 2.20. The van der Waals surface area contributed by atoms with Crippen LogP contribution in [0, 0.1) is 10.1 Å². The van der Waals surface area contributed by atoms with E-state index in [0.29, 0.717) is 11.0 Å². The molecule has 0 aliphatic heterocycles. The Morgan fingerprint density at radius 2 is 2.29 bits per heavy atom. The number of nitro benzene ring substituents is 1. The summed E-state index contributed by atoms with van der Waals surface area (Å²) in [6.45, 7) is 0. The average Bonchev–Trinajstić information content (AvgIpc) is 2.58. The molecule has 72 valence electrons. The Morgan fingerprint density at radius 1 is 1.57 bits per heavy atom. The lowest BCUT2D eigenvalue weighted by Gasteiger charge is -1.97. The molecule has 14 heavy (non-hydrogen) atoms. The maximum Gasteiger partial charge on any atom is 0.287 e. The molecule has 2 rings (SSSR count). The molecule has 0 spiro atoms. The number of aromatic nitrogens is 3. The largest absolute Gasteiger partial charge is 0.287 e. The van der Waals surface area contributed by atoms with Gasteiger partial charge in [0.15, 0.2) is 0 Å². The Bertz CT molecular complexity index is 526. The highest BCUT2D eigenvalue weighted by molar-refractivity contribution is 9.10. The van der Waals surface area contributed by atoms with Crippen molar-refractivity contribution >= 4 is 44.3 Å². The van der Waals surface area contributed by atoms with Crippen LogP contribution in [-0.4, -0.2) is 20.3 Å². The molecular weight excluding hydrogens is 275 g/mol. The first-order valence-electron chi connectivity index (χ1n) is 3.44. The maximum absolute atomic E-state index is 10.6. The second-order valence-electron chi connectivity index (χ2n) is 2.47. The van der Waals surface area contributed by atoms with Crippen LogP contribution in [0.2, 0.25) is 5.02 Å². The highest BCUT2D eigenvalue weighted by Crippen LogP contribution is 2.36. The Kier molecular flexibility index (Phi) is 2.12. The molecule has 0 saturated heterocycles. The van der Waals surface area contributed by atoms with Crippen molar-refractivity contribution in [1.29, 1.82) is 0 Å². The standard InChI is InChI=1S/C6H2BrClN4O2/c7-4-3(12(13)14)1-2-6(5(4)8)10-11-9-2/h1H,(H,9,10,11). The van der Waals surface area contributed by atoms with Gasteiger partial charge in [-0.25, -0.2) is 0 Å². The van der Waals surface area contributed by atoms with Crippen molar-refractivity contribution in [2.45, 2.75) is 0 Å². The van der Waals surface area contributed by atoms with Gasteiger partial charge in [-0.2, -0.15) is 15.4 Å². The van der Waals surface area contributed by atoms with Gasteiger partial charge in [0.1, 0.15) is 15.5 Å². The van der Waals surface area contributed by atoms with Gasteiger partial charge in [-0.1, -0.05) is 11.6 Å². The van der Waals surface area contributed by atoms with Gasteiger partial charge in [0.05, 0.1) is 9.95 Å². The highest BCUT2D eigenvalue weighted by atomic mass is 79.9. The van der Waals surface area contributed by atoms with E-state index in [-0.39, 0.29) is 15.2 Å². The molecule has 0 amide bonds. The SMILES string of the molecule is O=[N+]([O-])c1cc2n[nH]nc2c(Cl)c1Br. The number of nitrogens with zero attached hydrogens (tertiary/aromatic N) is 3. The molecule has 0 bridgehead atoms. The summed E-state index contributed by atoms with van der Waals surface area (Å²) in [7, 11) is 0. The summed E-state index contributed by atoms with van der Waals surface area (Å²) in [6, 6.07) is 1.30. The molecule has 0 aliphatic carbocycles. The summed E-state index contributed by atoms with van der Waals surface area (Å²) in [5.74, 6) is 0. The molecule has 1 aromatic heterocycles. The van der Waals surface area contributed by atoms with Crippen molar-refractivity contribution in [2.75, 3.05) is 0 Å². The molecule has 0 fully saturated rings. The number of aromatic amines is 1. The Balaban J connectivity index is 2.87. The zero-order valence-corrected chi connectivity index (χ0v) is 8.83. The zero-order valence-electron chi connectivity index (χ0n) is 6.49. The van der Waals surface area contributed by atoms with E-state index >= 15 is 0 Å². The van der Waals surface area contributed by atoms with Crippen LogP contribution in [0.3, 0.4) is 0 Å². The number of hydrogen-bond acceptors (Lipinski definition) is 4. The van der Waals surface area contributed by atoms with Crippen LogP contribution in [0.25, 0.3) is 11.0 Å². The number of fused-ring (bicyclic) bond motifs is 1. The Morgan fingerprint density at radius 3 is 2.93 bits per heavy atom. The van der Waals surface area contributed by atoms with Crippen LogP contribution in [0.5, 0.6) is 0 Å². The minimum atomic E-state index is -0.538. The summed E-state index contributed by atoms with van der Waals surface area (Å²) < 4.78 is 0.213. The molecule has 0 radical (unpaired) electrons. The van der Waals surface area contributed by atoms with Gasteiger partial charge in [0, 0.05) is 6.07 Å². The van der Waals surface area contributed by atoms with Gasteiger partial charge in [0.2, 0.25) is 0 Å². The normalized spacial score (nSPS) is 10.7. The summed E-state index contributed by atoms with van der Waals surface area (Å²) in [6.07, 6.45) is 0. The Labute approximate surface area is 90.5 Å². The average molecular weight is 277 g/mol. The number of hydrogen-bond donors (Lipinski definition) is 1. The molecule has 0 aliphatic rings. The molecule has 8 heteroatoms. The Hall–Kier alpha value is -1.21. The topological polar surface area (TPSA) is 84.7 Å². The number of H-pyrrole nitrogens is 1. The quantitative estimate of drug-likeness (QED) is 0.640. The molecule has 6 nitrogen and oxygen atoms in total. The van der Waals surface area contributed by atoms with Gasteiger partial charge < -0.3 is 0 Å². The van der Waals surface area contributed by atoms with Crippen LogP contribution in [0.1, 0.15) is 0 Å².